The molecule has 0 bridgehead atoms. The van der Waals surface area contributed by atoms with Crippen molar-refractivity contribution in [3.63, 3.8) is 0 Å². The van der Waals surface area contributed by atoms with E-state index in [2.05, 4.69) is 22.4 Å². The van der Waals surface area contributed by atoms with Crippen LogP contribution in [0.5, 0.6) is 0 Å². The maximum atomic E-state index is 9.01. The summed E-state index contributed by atoms with van der Waals surface area (Å²) >= 11 is 0. The Balaban J connectivity index is 4.95. The van der Waals surface area contributed by atoms with Gasteiger partial charge in [0.25, 0.3) is 0 Å². The Bertz CT molecular complexity index is 320. The van der Waals surface area contributed by atoms with E-state index in [4.69, 9.17) is 10.5 Å². The second-order valence-electron chi connectivity index (χ2n) is 4.35. The third-order valence-electron chi connectivity index (χ3n) is 2.76. The monoisotopic (exact) mass is 206 g/mol. The first-order chi connectivity index (χ1) is 6.83. The van der Waals surface area contributed by atoms with Crippen LogP contribution in [-0.4, -0.2) is 11.1 Å². The van der Waals surface area contributed by atoms with E-state index in [9.17, 15) is 0 Å². The number of azo groups is 1. The quantitative estimate of drug-likeness (QED) is 0.663. The second kappa shape index (κ2) is 4.89. The van der Waals surface area contributed by atoms with Gasteiger partial charge >= 0.3 is 0 Å². The molecule has 0 fully saturated rings. The minimum absolute atomic E-state index is 0.0750. The van der Waals surface area contributed by atoms with Crippen LogP contribution in [0.25, 0.3) is 0 Å². The Morgan fingerprint density at radius 3 is 1.93 bits per heavy atom. The molecule has 0 spiro atoms. The van der Waals surface area contributed by atoms with Gasteiger partial charge in [0.2, 0.25) is 0 Å². The van der Waals surface area contributed by atoms with Crippen LogP contribution >= 0.6 is 0 Å². The number of hydrogen-bond acceptors (Lipinski definition) is 4. The highest BCUT2D eigenvalue weighted by molar-refractivity contribution is 5.08. The maximum Gasteiger partial charge on any atom is 0.167 e. The van der Waals surface area contributed by atoms with E-state index in [0.717, 1.165) is 0 Å². The van der Waals surface area contributed by atoms with Gasteiger partial charge in [-0.1, -0.05) is 20.8 Å². The zero-order chi connectivity index (χ0) is 12.1. The van der Waals surface area contributed by atoms with E-state index < -0.39 is 11.1 Å². The van der Waals surface area contributed by atoms with Gasteiger partial charge in [0, 0.05) is 0 Å². The molecule has 0 aliphatic heterocycles. The third-order valence-corrected chi connectivity index (χ3v) is 2.76. The van der Waals surface area contributed by atoms with Crippen molar-refractivity contribution in [1.29, 1.82) is 10.5 Å². The number of nitriles is 2. The van der Waals surface area contributed by atoms with Crippen molar-refractivity contribution in [2.75, 3.05) is 0 Å². The molecule has 0 saturated heterocycles. The Kier molecular flexibility index (Phi) is 4.42. The average molecular weight is 206 g/mol. The van der Waals surface area contributed by atoms with E-state index in [0.29, 0.717) is 6.42 Å². The fourth-order valence-corrected chi connectivity index (χ4v) is 0.653. The molecule has 0 heterocycles. The molecule has 0 radical (unpaired) electrons. The molecule has 4 nitrogen and oxygen atoms in total. The smallest absolute Gasteiger partial charge is 0.167 e. The van der Waals surface area contributed by atoms with Crippen LogP contribution in [0, 0.1) is 28.6 Å². The topological polar surface area (TPSA) is 72.3 Å². The summed E-state index contributed by atoms with van der Waals surface area (Å²) in [5, 5.41) is 25.9. The number of rotatable bonds is 4. The van der Waals surface area contributed by atoms with Gasteiger partial charge in [-0.15, -0.1) is 0 Å². The summed E-state index contributed by atoms with van der Waals surface area (Å²) in [7, 11) is 0. The van der Waals surface area contributed by atoms with Crippen LogP contribution in [0.1, 0.15) is 41.0 Å². The molecule has 2 unspecified atom stereocenters. The van der Waals surface area contributed by atoms with E-state index >= 15 is 0 Å². The molecule has 2 atom stereocenters. The molecule has 82 valence electrons. The van der Waals surface area contributed by atoms with Gasteiger partial charge in [-0.05, 0) is 26.2 Å². The molecule has 0 saturated carbocycles. The van der Waals surface area contributed by atoms with Crippen LogP contribution in [0.4, 0.5) is 0 Å². The van der Waals surface area contributed by atoms with Crippen molar-refractivity contribution in [3.8, 4) is 12.1 Å². The van der Waals surface area contributed by atoms with Crippen molar-refractivity contribution in [2.24, 2.45) is 16.1 Å². The fraction of sp³-hybridized carbons (Fsp3) is 0.818. The van der Waals surface area contributed by atoms with Crippen molar-refractivity contribution >= 4 is 0 Å². The summed E-state index contributed by atoms with van der Waals surface area (Å²) < 4.78 is 0. The van der Waals surface area contributed by atoms with Gasteiger partial charge in [-0.3, -0.25) is 0 Å². The minimum Gasteiger partial charge on any atom is -0.196 e. The van der Waals surface area contributed by atoms with Crippen molar-refractivity contribution < 1.29 is 0 Å². The van der Waals surface area contributed by atoms with Gasteiger partial charge in [0.1, 0.15) is 0 Å². The van der Waals surface area contributed by atoms with Gasteiger partial charge in [0.05, 0.1) is 12.1 Å². The third kappa shape index (κ3) is 3.32. The molecule has 0 aromatic carbocycles. The molecular weight excluding hydrogens is 188 g/mol. The zero-order valence-corrected chi connectivity index (χ0v) is 10.1. The standard InChI is InChI=1S/C11H18N4/c1-6-10(4,7-12)14-15-11(5,8-13)9(2)3/h9H,6H2,1-5H3. The van der Waals surface area contributed by atoms with Gasteiger partial charge in [-0.25, -0.2) is 0 Å². The molecular formula is C11H18N4. The molecule has 0 N–H and O–H groups in total. The van der Waals surface area contributed by atoms with Crippen molar-refractivity contribution in [3.05, 3.63) is 0 Å². The molecule has 4 heteroatoms. The van der Waals surface area contributed by atoms with E-state index in [1.807, 2.05) is 20.8 Å². The van der Waals surface area contributed by atoms with E-state index in [-0.39, 0.29) is 5.92 Å². The van der Waals surface area contributed by atoms with Gasteiger partial charge in [-0.2, -0.15) is 20.8 Å². The Morgan fingerprint density at radius 1 is 1.13 bits per heavy atom. The molecule has 0 amide bonds. The lowest BCUT2D eigenvalue weighted by atomic mass is 9.91. The highest BCUT2D eigenvalue weighted by Crippen LogP contribution is 2.24. The first-order valence-corrected chi connectivity index (χ1v) is 5.10. The van der Waals surface area contributed by atoms with E-state index in [1.54, 1.807) is 13.8 Å². The summed E-state index contributed by atoms with van der Waals surface area (Å²) in [6.07, 6.45) is 0.590. The van der Waals surface area contributed by atoms with Crippen LogP contribution in [0.3, 0.4) is 0 Å². The van der Waals surface area contributed by atoms with Crippen LogP contribution < -0.4 is 0 Å². The summed E-state index contributed by atoms with van der Waals surface area (Å²) in [5.74, 6) is 0.0750. The van der Waals surface area contributed by atoms with Crippen molar-refractivity contribution in [1.82, 2.24) is 0 Å². The highest BCUT2D eigenvalue weighted by atomic mass is 15.2. The largest absolute Gasteiger partial charge is 0.196 e. The van der Waals surface area contributed by atoms with Crippen LogP contribution in [0.15, 0.2) is 10.2 Å². The molecule has 15 heavy (non-hydrogen) atoms. The molecule has 0 aromatic heterocycles. The van der Waals surface area contributed by atoms with Crippen molar-refractivity contribution in [2.45, 2.75) is 52.1 Å². The Morgan fingerprint density at radius 2 is 1.67 bits per heavy atom. The molecule has 0 rings (SSSR count). The van der Waals surface area contributed by atoms with Crippen LogP contribution in [-0.2, 0) is 0 Å². The van der Waals surface area contributed by atoms with E-state index in [1.165, 1.54) is 0 Å². The molecule has 0 aliphatic rings. The second-order valence-corrected chi connectivity index (χ2v) is 4.35. The lowest BCUT2D eigenvalue weighted by molar-refractivity contribution is 0.390. The first kappa shape index (κ1) is 13.6. The normalized spacial score (nSPS) is 19.2. The highest BCUT2D eigenvalue weighted by Gasteiger charge is 2.30. The number of hydrogen-bond donors (Lipinski definition) is 0. The lowest BCUT2D eigenvalue weighted by Gasteiger charge is -2.21. The van der Waals surface area contributed by atoms with Gasteiger partial charge in [0.15, 0.2) is 11.1 Å². The molecule has 0 aromatic rings. The molecule has 0 aliphatic carbocycles. The maximum absolute atomic E-state index is 9.01. The average Bonchev–Trinajstić information content (AvgIpc) is 2.25. The fourth-order valence-electron chi connectivity index (χ4n) is 0.653. The SMILES string of the molecule is CCC(C)(C#N)N=NC(C)(C#N)C(C)C. The number of nitrogens with zero attached hydrogens (tertiary/aromatic N) is 4. The summed E-state index contributed by atoms with van der Waals surface area (Å²) in [6.45, 7) is 9.15. The lowest BCUT2D eigenvalue weighted by Crippen LogP contribution is -2.28. The summed E-state index contributed by atoms with van der Waals surface area (Å²) in [5.41, 5.74) is -1.65. The zero-order valence-electron chi connectivity index (χ0n) is 10.1. The first-order valence-electron chi connectivity index (χ1n) is 5.10. The van der Waals surface area contributed by atoms with Gasteiger partial charge < -0.3 is 0 Å². The van der Waals surface area contributed by atoms with Crippen LogP contribution in [0.2, 0.25) is 0 Å². The Labute approximate surface area is 91.6 Å². The summed E-state index contributed by atoms with van der Waals surface area (Å²) in [6, 6.07) is 4.22. The minimum atomic E-state index is -0.840. The predicted octanol–water partition coefficient (Wildman–Crippen LogP) is 3.07. The Hall–Kier alpha value is -1.42. The predicted molar refractivity (Wildman–Crippen MR) is 58.0 cm³/mol. The summed E-state index contributed by atoms with van der Waals surface area (Å²) in [4.78, 5) is 0.